The first-order valence-corrected chi connectivity index (χ1v) is 8.73. The van der Waals surface area contributed by atoms with E-state index >= 15 is 0 Å². The van der Waals surface area contributed by atoms with Crippen LogP contribution >= 0.6 is 0 Å². The summed E-state index contributed by atoms with van der Waals surface area (Å²) < 4.78 is 5.52. The number of hydrogen-bond donors (Lipinski definition) is 0. The van der Waals surface area contributed by atoms with E-state index in [0.29, 0.717) is 13.0 Å². The first-order chi connectivity index (χ1) is 9.58. The minimum Gasteiger partial charge on any atom is -0.465 e. The zero-order valence-electron chi connectivity index (χ0n) is 14.3. The van der Waals surface area contributed by atoms with Gasteiger partial charge in [0.2, 0.25) is 0 Å². The van der Waals surface area contributed by atoms with Gasteiger partial charge >= 0.3 is 5.97 Å². The molecule has 2 nitrogen and oxygen atoms in total. The van der Waals surface area contributed by atoms with Crippen molar-refractivity contribution in [3.8, 4) is 0 Å². The van der Waals surface area contributed by atoms with Gasteiger partial charge in [-0.3, -0.25) is 4.79 Å². The number of carbonyl (C=O) groups is 1. The largest absolute Gasteiger partial charge is 0.465 e. The lowest BCUT2D eigenvalue weighted by atomic mass is 9.80. The van der Waals surface area contributed by atoms with Gasteiger partial charge in [-0.05, 0) is 19.3 Å². The van der Waals surface area contributed by atoms with Gasteiger partial charge in [0.05, 0.1) is 6.61 Å². The molecule has 0 heterocycles. The second-order valence-corrected chi connectivity index (χ2v) is 6.49. The normalized spacial score (nSPS) is 14.0. The third-order valence-electron chi connectivity index (χ3n) is 4.08. The molecule has 0 spiro atoms. The highest BCUT2D eigenvalue weighted by atomic mass is 16.5. The Morgan fingerprint density at radius 2 is 1.45 bits per heavy atom. The molecule has 1 atom stereocenters. The van der Waals surface area contributed by atoms with Crippen molar-refractivity contribution >= 4 is 5.97 Å². The number of unbranched alkanes of at least 4 members (excludes halogenated alkanes) is 5. The summed E-state index contributed by atoms with van der Waals surface area (Å²) in [5, 5.41) is 0. The standard InChI is InChI=1S/C18H36O2/c1-5-8-11-12-15-18(4,14-10-7-3)16-20-17(19)13-9-6-2/h5-16H2,1-4H3. The first-order valence-electron chi connectivity index (χ1n) is 8.73. The molecule has 0 saturated heterocycles. The zero-order chi connectivity index (χ0) is 15.3. The van der Waals surface area contributed by atoms with E-state index in [0.717, 1.165) is 12.8 Å². The summed E-state index contributed by atoms with van der Waals surface area (Å²) in [4.78, 5) is 11.7. The lowest BCUT2D eigenvalue weighted by Crippen LogP contribution is -2.25. The first kappa shape index (κ1) is 19.5. The Morgan fingerprint density at radius 3 is 2.05 bits per heavy atom. The fraction of sp³-hybridized carbons (Fsp3) is 0.944. The Labute approximate surface area is 126 Å². The second kappa shape index (κ2) is 12.2. The maximum Gasteiger partial charge on any atom is 0.305 e. The van der Waals surface area contributed by atoms with Crippen LogP contribution < -0.4 is 0 Å². The Balaban J connectivity index is 4.12. The Morgan fingerprint density at radius 1 is 0.850 bits per heavy atom. The van der Waals surface area contributed by atoms with E-state index in [4.69, 9.17) is 4.74 Å². The van der Waals surface area contributed by atoms with Gasteiger partial charge in [0.1, 0.15) is 0 Å². The molecular weight excluding hydrogens is 248 g/mol. The molecule has 0 aromatic carbocycles. The Hall–Kier alpha value is -0.530. The average molecular weight is 284 g/mol. The topological polar surface area (TPSA) is 26.3 Å². The smallest absolute Gasteiger partial charge is 0.305 e. The van der Waals surface area contributed by atoms with E-state index in [9.17, 15) is 4.79 Å². The van der Waals surface area contributed by atoms with Crippen molar-refractivity contribution < 1.29 is 9.53 Å². The lowest BCUT2D eigenvalue weighted by Gasteiger charge is -2.29. The maximum absolute atomic E-state index is 11.7. The van der Waals surface area contributed by atoms with Crippen LogP contribution in [0.1, 0.15) is 98.3 Å². The maximum atomic E-state index is 11.7. The van der Waals surface area contributed by atoms with Gasteiger partial charge < -0.3 is 4.74 Å². The summed E-state index contributed by atoms with van der Waals surface area (Å²) >= 11 is 0. The van der Waals surface area contributed by atoms with Crippen molar-refractivity contribution in [2.24, 2.45) is 5.41 Å². The minimum atomic E-state index is -0.0110. The van der Waals surface area contributed by atoms with Crippen LogP contribution in [0.25, 0.3) is 0 Å². The highest BCUT2D eigenvalue weighted by Crippen LogP contribution is 2.31. The molecule has 0 amide bonds. The molecule has 0 N–H and O–H groups in total. The van der Waals surface area contributed by atoms with Crippen LogP contribution in [0, 0.1) is 5.41 Å². The van der Waals surface area contributed by atoms with Gasteiger partial charge in [0.15, 0.2) is 0 Å². The van der Waals surface area contributed by atoms with Crippen molar-refractivity contribution in [2.45, 2.75) is 98.3 Å². The van der Waals surface area contributed by atoms with Crippen LogP contribution in [0.3, 0.4) is 0 Å². The van der Waals surface area contributed by atoms with Gasteiger partial charge in [-0.15, -0.1) is 0 Å². The molecule has 20 heavy (non-hydrogen) atoms. The number of rotatable bonds is 13. The van der Waals surface area contributed by atoms with Crippen LogP contribution in [0.5, 0.6) is 0 Å². The summed E-state index contributed by atoms with van der Waals surface area (Å²) in [6, 6.07) is 0. The van der Waals surface area contributed by atoms with E-state index in [1.165, 1.54) is 51.4 Å². The molecule has 0 saturated carbocycles. The molecule has 0 aliphatic heterocycles. The van der Waals surface area contributed by atoms with Gasteiger partial charge in [0, 0.05) is 11.8 Å². The summed E-state index contributed by atoms with van der Waals surface area (Å²) in [5.41, 5.74) is 0.186. The van der Waals surface area contributed by atoms with Crippen LogP contribution in [-0.4, -0.2) is 12.6 Å². The minimum absolute atomic E-state index is 0.0110. The quantitative estimate of drug-likeness (QED) is 0.311. The van der Waals surface area contributed by atoms with Gasteiger partial charge in [-0.2, -0.15) is 0 Å². The van der Waals surface area contributed by atoms with Crippen molar-refractivity contribution in [2.75, 3.05) is 6.61 Å². The molecule has 0 fully saturated rings. The third-order valence-corrected chi connectivity index (χ3v) is 4.08. The number of esters is 1. The highest BCUT2D eigenvalue weighted by Gasteiger charge is 2.25. The lowest BCUT2D eigenvalue weighted by molar-refractivity contribution is -0.147. The second-order valence-electron chi connectivity index (χ2n) is 6.49. The molecule has 120 valence electrons. The van der Waals surface area contributed by atoms with Crippen LogP contribution in [0.15, 0.2) is 0 Å². The highest BCUT2D eigenvalue weighted by molar-refractivity contribution is 5.69. The zero-order valence-corrected chi connectivity index (χ0v) is 14.3. The van der Waals surface area contributed by atoms with Crippen molar-refractivity contribution in [3.05, 3.63) is 0 Å². The number of carbonyl (C=O) groups excluding carboxylic acids is 1. The summed E-state index contributed by atoms with van der Waals surface area (Å²) in [7, 11) is 0. The predicted molar refractivity (Wildman–Crippen MR) is 86.9 cm³/mol. The molecule has 0 aromatic heterocycles. The molecule has 0 radical (unpaired) electrons. The van der Waals surface area contributed by atoms with E-state index in [-0.39, 0.29) is 11.4 Å². The molecule has 0 rings (SSSR count). The summed E-state index contributed by atoms with van der Waals surface area (Å²) in [6.45, 7) is 9.48. The summed E-state index contributed by atoms with van der Waals surface area (Å²) in [6.07, 6.45) is 12.6. The van der Waals surface area contributed by atoms with E-state index in [1.54, 1.807) is 0 Å². The van der Waals surface area contributed by atoms with E-state index < -0.39 is 0 Å². The van der Waals surface area contributed by atoms with E-state index in [1.807, 2.05) is 0 Å². The molecule has 0 bridgehead atoms. The molecule has 2 heteroatoms. The SMILES string of the molecule is CCCCCCC(C)(CCCC)COC(=O)CCCC. The van der Waals surface area contributed by atoms with Crippen molar-refractivity contribution in [1.82, 2.24) is 0 Å². The Kier molecular flexibility index (Phi) is 11.9. The van der Waals surface area contributed by atoms with Crippen LogP contribution in [-0.2, 0) is 9.53 Å². The van der Waals surface area contributed by atoms with Gasteiger partial charge in [0.25, 0.3) is 0 Å². The molecular formula is C18H36O2. The molecule has 0 aliphatic carbocycles. The van der Waals surface area contributed by atoms with Crippen LogP contribution in [0.4, 0.5) is 0 Å². The van der Waals surface area contributed by atoms with Crippen molar-refractivity contribution in [3.63, 3.8) is 0 Å². The monoisotopic (exact) mass is 284 g/mol. The van der Waals surface area contributed by atoms with E-state index in [2.05, 4.69) is 27.7 Å². The Bertz CT molecular complexity index is 238. The third kappa shape index (κ3) is 10.3. The average Bonchev–Trinajstić information content (AvgIpc) is 2.45. The van der Waals surface area contributed by atoms with Crippen molar-refractivity contribution in [1.29, 1.82) is 0 Å². The molecule has 1 unspecified atom stereocenters. The number of ether oxygens (including phenoxy) is 1. The molecule has 0 aromatic rings. The predicted octanol–water partition coefficient (Wildman–Crippen LogP) is 5.89. The fourth-order valence-corrected chi connectivity index (χ4v) is 2.50. The summed E-state index contributed by atoms with van der Waals surface area (Å²) in [5.74, 6) is -0.0110. The van der Waals surface area contributed by atoms with Crippen LogP contribution in [0.2, 0.25) is 0 Å². The van der Waals surface area contributed by atoms with Gasteiger partial charge in [-0.25, -0.2) is 0 Å². The van der Waals surface area contributed by atoms with Gasteiger partial charge in [-0.1, -0.05) is 72.6 Å². The number of hydrogen-bond acceptors (Lipinski definition) is 2. The molecule has 0 aliphatic rings. The fourth-order valence-electron chi connectivity index (χ4n) is 2.50.